The number of hydrogen-bond donors (Lipinski definition) is 0. The van der Waals surface area contributed by atoms with Gasteiger partial charge in [-0.15, -0.1) is 0 Å². The summed E-state index contributed by atoms with van der Waals surface area (Å²) in [5.74, 6) is 0. The van der Waals surface area contributed by atoms with Crippen LogP contribution in [0.1, 0.15) is 11.3 Å². The molecule has 3 aromatic rings. The Morgan fingerprint density at radius 1 is 0.939 bits per heavy atom. The molecule has 4 rings (SSSR count). The van der Waals surface area contributed by atoms with E-state index in [9.17, 15) is 25.0 Å². The number of amides is 2. The van der Waals surface area contributed by atoms with Crippen LogP contribution in [0.15, 0.2) is 48.5 Å². The van der Waals surface area contributed by atoms with Crippen molar-refractivity contribution in [2.24, 2.45) is 0 Å². The summed E-state index contributed by atoms with van der Waals surface area (Å²) in [6.45, 7) is 0.874. The van der Waals surface area contributed by atoms with Gasteiger partial charge < -0.3 is 4.90 Å². The van der Waals surface area contributed by atoms with Crippen molar-refractivity contribution in [1.29, 1.82) is 0 Å². The summed E-state index contributed by atoms with van der Waals surface area (Å²) >= 11 is 1.18. The Morgan fingerprint density at radius 2 is 1.52 bits per heavy atom. The first kappa shape index (κ1) is 22.3. The van der Waals surface area contributed by atoms with Crippen LogP contribution in [0.2, 0.25) is 0 Å². The number of urea groups is 1. The Balaban J connectivity index is 1.77. The number of anilines is 1. The number of carbonyl (C=O) groups excluding carboxylic acids is 1. The van der Waals surface area contributed by atoms with E-state index >= 15 is 0 Å². The average Bonchev–Trinajstić information content (AvgIpc) is 3.19. The molecule has 0 bridgehead atoms. The Morgan fingerprint density at radius 3 is 2.09 bits per heavy atom. The van der Waals surface area contributed by atoms with Crippen LogP contribution in [0, 0.1) is 20.2 Å². The van der Waals surface area contributed by atoms with Gasteiger partial charge in [0.1, 0.15) is 5.00 Å². The van der Waals surface area contributed by atoms with Crippen LogP contribution in [0.25, 0.3) is 11.1 Å². The number of aromatic nitrogens is 1. The lowest BCUT2D eigenvalue weighted by molar-refractivity contribution is -0.385. The third-order valence-corrected chi connectivity index (χ3v) is 6.18. The van der Waals surface area contributed by atoms with Crippen molar-refractivity contribution in [3.63, 3.8) is 0 Å². The van der Waals surface area contributed by atoms with E-state index in [-0.39, 0.29) is 17.4 Å². The van der Waals surface area contributed by atoms with Gasteiger partial charge >= 0.3 is 6.03 Å². The molecule has 1 fully saturated rings. The van der Waals surface area contributed by atoms with Crippen molar-refractivity contribution >= 4 is 33.9 Å². The highest BCUT2D eigenvalue weighted by Crippen LogP contribution is 2.40. The number of rotatable bonds is 6. The van der Waals surface area contributed by atoms with Crippen molar-refractivity contribution in [2.45, 2.75) is 6.42 Å². The zero-order valence-corrected chi connectivity index (χ0v) is 18.7. The van der Waals surface area contributed by atoms with Gasteiger partial charge in [0.2, 0.25) is 0 Å². The lowest BCUT2D eigenvalue weighted by Gasteiger charge is -2.38. The molecule has 0 saturated carbocycles. The van der Waals surface area contributed by atoms with Crippen LogP contribution in [0.3, 0.4) is 0 Å². The fourth-order valence-electron chi connectivity index (χ4n) is 3.71. The molecular weight excluding hydrogens is 448 g/mol. The number of nitro benzene ring substituents is 2. The first-order valence-electron chi connectivity index (χ1n) is 9.92. The molecule has 2 amide bonds. The third-order valence-electron chi connectivity index (χ3n) is 5.27. The van der Waals surface area contributed by atoms with Crippen molar-refractivity contribution in [1.82, 2.24) is 14.2 Å². The maximum atomic E-state index is 12.9. The van der Waals surface area contributed by atoms with Crippen molar-refractivity contribution in [2.75, 3.05) is 32.3 Å². The molecule has 0 aliphatic carbocycles. The summed E-state index contributed by atoms with van der Waals surface area (Å²) in [7, 11) is 3.62. The molecule has 12 heteroatoms. The van der Waals surface area contributed by atoms with E-state index in [1.807, 2.05) is 11.9 Å². The summed E-state index contributed by atoms with van der Waals surface area (Å²) in [6.07, 6.45) is 0.383. The Bertz CT molecular complexity index is 1210. The molecule has 0 N–H and O–H groups in total. The van der Waals surface area contributed by atoms with Gasteiger partial charge in [0.05, 0.1) is 28.9 Å². The Labute approximate surface area is 192 Å². The van der Waals surface area contributed by atoms with E-state index in [2.05, 4.69) is 4.37 Å². The van der Waals surface area contributed by atoms with Crippen molar-refractivity contribution in [3.8, 4) is 11.1 Å². The van der Waals surface area contributed by atoms with Gasteiger partial charge in [0.25, 0.3) is 11.4 Å². The van der Waals surface area contributed by atoms with Gasteiger partial charge in [-0.3, -0.25) is 30.0 Å². The molecule has 2 aromatic carbocycles. The molecule has 1 aromatic heterocycles. The lowest BCUT2D eigenvalue weighted by Crippen LogP contribution is -2.55. The third kappa shape index (κ3) is 4.52. The van der Waals surface area contributed by atoms with Crippen LogP contribution in [0.4, 0.5) is 21.2 Å². The largest absolute Gasteiger partial charge is 0.327 e. The van der Waals surface area contributed by atoms with E-state index in [0.29, 0.717) is 41.6 Å². The molecule has 0 unspecified atom stereocenters. The molecule has 1 aliphatic heterocycles. The summed E-state index contributed by atoms with van der Waals surface area (Å²) in [6, 6.07) is 12.2. The highest BCUT2D eigenvalue weighted by atomic mass is 32.1. The van der Waals surface area contributed by atoms with Gasteiger partial charge in [-0.1, -0.05) is 12.1 Å². The number of hydrogen-bond acceptors (Lipinski definition) is 8. The van der Waals surface area contributed by atoms with Crippen LogP contribution in [-0.2, 0) is 6.42 Å². The van der Waals surface area contributed by atoms with Gasteiger partial charge in [0.15, 0.2) is 0 Å². The second-order valence-electron chi connectivity index (χ2n) is 7.76. The maximum absolute atomic E-state index is 12.9. The summed E-state index contributed by atoms with van der Waals surface area (Å²) in [5.41, 5.74) is 2.88. The monoisotopic (exact) mass is 468 g/mol. The molecular formula is C21H20N6O5S. The molecule has 0 atom stereocenters. The summed E-state index contributed by atoms with van der Waals surface area (Å²) < 4.78 is 4.61. The molecule has 1 aliphatic rings. The maximum Gasteiger partial charge on any atom is 0.327 e. The summed E-state index contributed by atoms with van der Waals surface area (Å²) in [5, 5.41) is 22.7. The minimum absolute atomic E-state index is 0.00158. The van der Waals surface area contributed by atoms with Gasteiger partial charge in [-0.05, 0) is 41.8 Å². The van der Waals surface area contributed by atoms with Gasteiger partial charge in [-0.25, -0.2) is 4.79 Å². The van der Waals surface area contributed by atoms with Crippen LogP contribution >= 0.6 is 11.5 Å². The summed E-state index contributed by atoms with van der Waals surface area (Å²) in [4.78, 5) is 39.3. The predicted molar refractivity (Wildman–Crippen MR) is 123 cm³/mol. The number of carbonyl (C=O) groups is 1. The molecule has 11 nitrogen and oxygen atoms in total. The predicted octanol–water partition coefficient (Wildman–Crippen LogP) is 3.94. The van der Waals surface area contributed by atoms with Crippen molar-refractivity contribution in [3.05, 3.63) is 80.0 Å². The second-order valence-corrected chi connectivity index (χ2v) is 8.51. The zero-order valence-electron chi connectivity index (χ0n) is 17.9. The molecule has 33 heavy (non-hydrogen) atoms. The topological polar surface area (TPSA) is 126 Å². The van der Waals surface area contributed by atoms with E-state index in [1.54, 1.807) is 41.1 Å². The Hall–Kier alpha value is -3.90. The standard InChI is InChI=1S/C21H20N6O5S/c1-23-12-24(2)21(28)25(13-23)20-19(15-5-9-17(10-6-15)27(31)32)18(22-33-20)11-14-3-7-16(8-4-14)26(29)30/h3-10H,11-13H2,1-2H3. The SMILES string of the molecule is CN1CN(C)C(=O)N(c2snc(Cc3ccc([N+](=O)[O-])cc3)c2-c2ccc([N+](=O)[O-])cc2)C1. The molecule has 0 spiro atoms. The minimum Gasteiger partial charge on any atom is -0.314 e. The van der Waals surface area contributed by atoms with E-state index in [4.69, 9.17) is 0 Å². The number of nitrogens with zero attached hydrogens (tertiary/aromatic N) is 6. The van der Waals surface area contributed by atoms with Gasteiger partial charge in [0, 0.05) is 43.3 Å². The fourth-order valence-corrected chi connectivity index (χ4v) is 4.63. The van der Waals surface area contributed by atoms with Gasteiger partial charge in [-0.2, -0.15) is 4.37 Å². The normalized spacial score (nSPS) is 14.5. The molecule has 2 heterocycles. The number of benzene rings is 2. The lowest BCUT2D eigenvalue weighted by atomic mass is 10.00. The Kier molecular flexibility index (Phi) is 6.03. The minimum atomic E-state index is -0.466. The van der Waals surface area contributed by atoms with E-state index in [1.165, 1.54) is 35.8 Å². The van der Waals surface area contributed by atoms with Crippen LogP contribution in [0.5, 0.6) is 0 Å². The number of non-ortho nitro benzene ring substituents is 2. The molecule has 170 valence electrons. The van der Waals surface area contributed by atoms with E-state index < -0.39 is 9.85 Å². The first-order valence-corrected chi connectivity index (χ1v) is 10.7. The fraction of sp³-hybridized carbons (Fsp3) is 0.238. The van der Waals surface area contributed by atoms with E-state index in [0.717, 1.165) is 5.56 Å². The van der Waals surface area contributed by atoms with Crippen LogP contribution < -0.4 is 4.90 Å². The average molecular weight is 468 g/mol. The molecule has 0 radical (unpaired) electrons. The highest BCUT2D eigenvalue weighted by Gasteiger charge is 2.32. The smallest absolute Gasteiger partial charge is 0.314 e. The van der Waals surface area contributed by atoms with Crippen molar-refractivity contribution < 1.29 is 14.6 Å². The quantitative estimate of drug-likeness (QED) is 0.396. The van der Waals surface area contributed by atoms with Crippen LogP contribution in [-0.4, -0.2) is 57.5 Å². The molecule has 1 saturated heterocycles. The second kappa shape index (κ2) is 8.92. The first-order chi connectivity index (χ1) is 15.7. The number of nitro groups is 2. The highest BCUT2D eigenvalue weighted by molar-refractivity contribution is 7.11. The zero-order chi connectivity index (χ0) is 23.7.